The van der Waals surface area contributed by atoms with Crippen LogP contribution in [0.2, 0.25) is 0 Å². The van der Waals surface area contributed by atoms with E-state index in [-0.39, 0.29) is 0 Å². The van der Waals surface area contributed by atoms with Crippen molar-refractivity contribution in [3.63, 3.8) is 0 Å². The van der Waals surface area contributed by atoms with Gasteiger partial charge in [0.15, 0.2) is 6.10 Å². The summed E-state index contributed by atoms with van der Waals surface area (Å²) in [6, 6.07) is 0. The van der Waals surface area contributed by atoms with Gasteiger partial charge in [-0.2, -0.15) is 0 Å². The standard InChI is InChI=1S/C11H16O3/c1-10(2,13)7-5-9(12)6-8-11(3,4)14/h9,12-14H,1-4H3. The van der Waals surface area contributed by atoms with Crippen molar-refractivity contribution in [3.8, 4) is 23.7 Å². The Labute approximate surface area is 84.8 Å². The minimum Gasteiger partial charge on any atom is -0.378 e. The maximum atomic E-state index is 9.21. The Kier molecular flexibility index (Phi) is 4.16. The van der Waals surface area contributed by atoms with Gasteiger partial charge in [-0.25, -0.2) is 0 Å². The molecule has 0 aromatic carbocycles. The molecule has 0 rings (SSSR count). The fourth-order valence-electron chi connectivity index (χ4n) is 0.526. The van der Waals surface area contributed by atoms with Crippen LogP contribution in [0.3, 0.4) is 0 Å². The van der Waals surface area contributed by atoms with Crippen LogP contribution < -0.4 is 0 Å². The molecule has 0 radical (unpaired) electrons. The molecule has 3 N–H and O–H groups in total. The third-order valence-electron chi connectivity index (χ3n) is 1.03. The summed E-state index contributed by atoms with van der Waals surface area (Å²) in [7, 11) is 0. The van der Waals surface area contributed by atoms with Gasteiger partial charge in [-0.1, -0.05) is 23.7 Å². The van der Waals surface area contributed by atoms with Crippen molar-refractivity contribution in [1.29, 1.82) is 0 Å². The Hall–Kier alpha value is -1.00. The second-order valence-electron chi connectivity index (χ2n) is 4.06. The summed E-state index contributed by atoms with van der Waals surface area (Å²) in [5.41, 5.74) is -2.28. The highest BCUT2D eigenvalue weighted by atomic mass is 16.3. The lowest BCUT2D eigenvalue weighted by molar-refractivity contribution is 0.142. The van der Waals surface area contributed by atoms with Crippen molar-refractivity contribution in [1.82, 2.24) is 0 Å². The first-order chi connectivity index (χ1) is 6.10. The van der Waals surface area contributed by atoms with E-state index >= 15 is 0 Å². The van der Waals surface area contributed by atoms with Crippen LogP contribution >= 0.6 is 0 Å². The molecular weight excluding hydrogens is 180 g/mol. The van der Waals surface area contributed by atoms with Crippen molar-refractivity contribution in [2.75, 3.05) is 0 Å². The van der Waals surface area contributed by atoms with Gasteiger partial charge in [0.1, 0.15) is 11.2 Å². The van der Waals surface area contributed by atoms with E-state index in [1.54, 1.807) is 0 Å². The molecule has 0 fully saturated rings. The fourth-order valence-corrected chi connectivity index (χ4v) is 0.526. The Bertz CT molecular complexity index is 264. The van der Waals surface area contributed by atoms with Gasteiger partial charge in [-0.15, -0.1) is 0 Å². The van der Waals surface area contributed by atoms with Crippen LogP contribution in [0.25, 0.3) is 0 Å². The number of hydrogen-bond donors (Lipinski definition) is 3. The summed E-state index contributed by atoms with van der Waals surface area (Å²) in [5.74, 6) is 9.59. The lowest BCUT2D eigenvalue weighted by atomic mass is 10.1. The van der Waals surface area contributed by atoms with E-state index < -0.39 is 17.3 Å². The molecule has 0 aliphatic carbocycles. The molecule has 3 heteroatoms. The third kappa shape index (κ3) is 9.09. The van der Waals surface area contributed by atoms with Crippen LogP contribution in [0.4, 0.5) is 0 Å². The highest BCUT2D eigenvalue weighted by Crippen LogP contribution is 1.98. The zero-order valence-corrected chi connectivity index (χ0v) is 8.92. The molecule has 0 saturated heterocycles. The SMILES string of the molecule is CC(C)(O)C#CC(O)C#CC(C)(C)O. The topological polar surface area (TPSA) is 60.7 Å². The van der Waals surface area contributed by atoms with Crippen LogP contribution in [0, 0.1) is 23.7 Å². The van der Waals surface area contributed by atoms with Crippen LogP contribution in [-0.2, 0) is 0 Å². The average Bonchev–Trinajstić information content (AvgIpc) is 1.94. The summed E-state index contributed by atoms with van der Waals surface area (Å²) in [6.45, 7) is 6.04. The Morgan fingerprint density at radius 3 is 1.36 bits per heavy atom. The number of hydrogen-bond acceptors (Lipinski definition) is 3. The van der Waals surface area contributed by atoms with Gasteiger partial charge in [0.25, 0.3) is 0 Å². The van der Waals surface area contributed by atoms with E-state index in [1.807, 2.05) is 0 Å². The number of rotatable bonds is 0. The molecule has 0 aliphatic heterocycles. The second-order valence-corrected chi connectivity index (χ2v) is 4.06. The molecule has 78 valence electrons. The number of aliphatic hydroxyl groups is 3. The maximum Gasteiger partial charge on any atom is 0.176 e. The molecule has 0 aromatic rings. The summed E-state index contributed by atoms with van der Waals surface area (Å²) < 4.78 is 0. The molecule has 14 heavy (non-hydrogen) atoms. The van der Waals surface area contributed by atoms with E-state index in [9.17, 15) is 15.3 Å². The summed E-state index contributed by atoms with van der Waals surface area (Å²) >= 11 is 0. The van der Waals surface area contributed by atoms with E-state index in [0.717, 1.165) is 0 Å². The Morgan fingerprint density at radius 2 is 1.14 bits per heavy atom. The molecule has 0 bridgehead atoms. The van der Waals surface area contributed by atoms with Crippen molar-refractivity contribution in [2.45, 2.75) is 45.0 Å². The average molecular weight is 196 g/mol. The highest BCUT2D eigenvalue weighted by molar-refractivity contribution is 5.24. The van der Waals surface area contributed by atoms with Crippen molar-refractivity contribution in [3.05, 3.63) is 0 Å². The molecule has 0 aromatic heterocycles. The minimum absolute atomic E-state index is 1.14. The van der Waals surface area contributed by atoms with E-state index in [2.05, 4.69) is 23.7 Å². The van der Waals surface area contributed by atoms with Gasteiger partial charge in [0.05, 0.1) is 0 Å². The molecule has 3 nitrogen and oxygen atoms in total. The van der Waals surface area contributed by atoms with Crippen LogP contribution in [0.5, 0.6) is 0 Å². The van der Waals surface area contributed by atoms with E-state index in [0.29, 0.717) is 0 Å². The largest absolute Gasteiger partial charge is 0.378 e. The van der Waals surface area contributed by atoms with Gasteiger partial charge >= 0.3 is 0 Å². The number of aliphatic hydroxyl groups excluding tert-OH is 1. The molecule has 0 atom stereocenters. The quantitative estimate of drug-likeness (QED) is 0.474. The summed E-state index contributed by atoms with van der Waals surface area (Å²) in [4.78, 5) is 0. The molecule has 0 aliphatic rings. The Balaban J connectivity index is 4.42. The van der Waals surface area contributed by atoms with Crippen LogP contribution in [0.1, 0.15) is 27.7 Å². The summed E-state index contributed by atoms with van der Waals surface area (Å²) in [6.07, 6.45) is -1.15. The van der Waals surface area contributed by atoms with E-state index in [1.165, 1.54) is 27.7 Å². The van der Waals surface area contributed by atoms with Crippen LogP contribution in [-0.4, -0.2) is 32.6 Å². The lowest BCUT2D eigenvalue weighted by Crippen LogP contribution is -2.17. The first kappa shape index (κ1) is 13.0. The van der Waals surface area contributed by atoms with Crippen molar-refractivity contribution < 1.29 is 15.3 Å². The van der Waals surface area contributed by atoms with Crippen LogP contribution in [0.15, 0.2) is 0 Å². The lowest BCUT2D eigenvalue weighted by Gasteiger charge is -2.07. The smallest absolute Gasteiger partial charge is 0.176 e. The first-order valence-corrected chi connectivity index (χ1v) is 4.28. The molecule has 0 unspecified atom stereocenters. The first-order valence-electron chi connectivity index (χ1n) is 4.28. The zero-order chi connectivity index (χ0) is 11.4. The summed E-state index contributed by atoms with van der Waals surface area (Å²) in [5, 5.41) is 27.6. The monoisotopic (exact) mass is 196 g/mol. The van der Waals surface area contributed by atoms with Gasteiger partial charge in [-0.3, -0.25) is 0 Å². The normalized spacial score (nSPS) is 11.4. The van der Waals surface area contributed by atoms with Gasteiger partial charge in [0.2, 0.25) is 0 Å². The minimum atomic E-state index is -1.15. The van der Waals surface area contributed by atoms with Gasteiger partial charge in [-0.05, 0) is 27.7 Å². The molecule has 0 saturated carbocycles. The zero-order valence-electron chi connectivity index (χ0n) is 8.92. The highest BCUT2D eigenvalue weighted by Gasteiger charge is 2.08. The van der Waals surface area contributed by atoms with Crippen molar-refractivity contribution >= 4 is 0 Å². The molecule has 0 amide bonds. The molecule has 0 spiro atoms. The van der Waals surface area contributed by atoms with E-state index in [4.69, 9.17) is 0 Å². The van der Waals surface area contributed by atoms with Gasteiger partial charge in [0, 0.05) is 0 Å². The third-order valence-corrected chi connectivity index (χ3v) is 1.03. The second kappa shape index (κ2) is 4.48. The van der Waals surface area contributed by atoms with Crippen molar-refractivity contribution in [2.24, 2.45) is 0 Å². The predicted molar refractivity (Wildman–Crippen MR) is 54.2 cm³/mol. The maximum absolute atomic E-state index is 9.21. The fraction of sp³-hybridized carbons (Fsp3) is 0.636. The van der Waals surface area contributed by atoms with Gasteiger partial charge < -0.3 is 15.3 Å². The predicted octanol–water partition coefficient (Wildman–Crippen LogP) is -0.104. The molecule has 0 heterocycles. The molecular formula is C11H16O3. The Morgan fingerprint density at radius 1 is 0.857 bits per heavy atom.